The molecule has 0 aliphatic heterocycles. The second kappa shape index (κ2) is 8.86. The molecule has 0 aliphatic carbocycles. The fraction of sp³-hybridized carbons (Fsp3) is 0.700. The predicted octanol–water partition coefficient (Wildman–Crippen LogP) is 0.471. The molecule has 7 heteroatoms. The van der Waals surface area contributed by atoms with E-state index in [1.807, 2.05) is 6.26 Å². The Labute approximate surface area is 105 Å². The molecular formula is C10H18N2O4S. The Balaban J connectivity index is 3.95. The van der Waals surface area contributed by atoms with Gasteiger partial charge in [-0.05, 0) is 25.4 Å². The number of carbonyl (C=O) groups excluding carboxylic acids is 2. The second-order valence-electron chi connectivity index (χ2n) is 3.52. The summed E-state index contributed by atoms with van der Waals surface area (Å²) in [5.41, 5.74) is 0. The lowest BCUT2D eigenvalue weighted by Gasteiger charge is -2.14. The summed E-state index contributed by atoms with van der Waals surface area (Å²) in [4.78, 5) is 32.7. The molecule has 0 heterocycles. The largest absolute Gasteiger partial charge is 0.480 e. The Kier molecular flexibility index (Phi) is 8.21. The van der Waals surface area contributed by atoms with Crippen molar-refractivity contribution in [3.63, 3.8) is 0 Å². The van der Waals surface area contributed by atoms with Gasteiger partial charge in [0.15, 0.2) is 0 Å². The second-order valence-corrected chi connectivity index (χ2v) is 4.51. The number of aliphatic carboxylic acids is 1. The van der Waals surface area contributed by atoms with Gasteiger partial charge in [-0.1, -0.05) is 0 Å². The standard InChI is InChI=1S/C10H18N2O4S/c1-7(13)3-5-11-10(16)12-8(9(14)15)4-6-17-2/h8H,3-6H2,1-2H3,(H,14,15)(H2,11,12,16). The van der Waals surface area contributed by atoms with Crippen molar-refractivity contribution in [1.82, 2.24) is 10.6 Å². The van der Waals surface area contributed by atoms with Gasteiger partial charge in [-0.25, -0.2) is 9.59 Å². The van der Waals surface area contributed by atoms with Crippen molar-refractivity contribution in [2.24, 2.45) is 0 Å². The highest BCUT2D eigenvalue weighted by Crippen LogP contribution is 2.00. The van der Waals surface area contributed by atoms with E-state index in [-0.39, 0.29) is 18.7 Å². The minimum absolute atomic E-state index is 0.0255. The Morgan fingerprint density at radius 1 is 1.35 bits per heavy atom. The van der Waals surface area contributed by atoms with Crippen molar-refractivity contribution in [2.75, 3.05) is 18.6 Å². The van der Waals surface area contributed by atoms with Gasteiger partial charge < -0.3 is 15.7 Å². The summed E-state index contributed by atoms with van der Waals surface area (Å²) in [6.07, 6.45) is 2.48. The number of carbonyl (C=O) groups is 3. The molecule has 0 fully saturated rings. The molecule has 3 N–H and O–H groups in total. The maximum atomic E-state index is 11.3. The summed E-state index contributed by atoms with van der Waals surface area (Å²) >= 11 is 1.52. The van der Waals surface area contributed by atoms with Crippen LogP contribution in [0.1, 0.15) is 19.8 Å². The Bertz CT molecular complexity index is 283. The van der Waals surface area contributed by atoms with Gasteiger partial charge in [0.2, 0.25) is 0 Å². The smallest absolute Gasteiger partial charge is 0.326 e. The Morgan fingerprint density at radius 3 is 2.47 bits per heavy atom. The number of rotatable bonds is 8. The average Bonchev–Trinajstić information content (AvgIpc) is 2.23. The lowest BCUT2D eigenvalue weighted by Crippen LogP contribution is -2.46. The van der Waals surface area contributed by atoms with Crippen molar-refractivity contribution in [3.8, 4) is 0 Å². The number of urea groups is 1. The number of carboxylic acids is 1. The van der Waals surface area contributed by atoms with Crippen LogP contribution in [0, 0.1) is 0 Å². The van der Waals surface area contributed by atoms with E-state index >= 15 is 0 Å². The summed E-state index contributed by atoms with van der Waals surface area (Å²) in [6, 6.07) is -1.44. The van der Waals surface area contributed by atoms with E-state index in [2.05, 4.69) is 10.6 Å². The molecule has 0 aromatic rings. The van der Waals surface area contributed by atoms with Crippen LogP contribution in [0.25, 0.3) is 0 Å². The lowest BCUT2D eigenvalue weighted by atomic mass is 10.2. The highest BCUT2D eigenvalue weighted by atomic mass is 32.2. The predicted molar refractivity (Wildman–Crippen MR) is 66.3 cm³/mol. The minimum Gasteiger partial charge on any atom is -0.480 e. The number of hydrogen-bond acceptors (Lipinski definition) is 4. The average molecular weight is 262 g/mol. The van der Waals surface area contributed by atoms with E-state index in [0.717, 1.165) is 0 Å². The molecule has 1 atom stereocenters. The van der Waals surface area contributed by atoms with Crippen LogP contribution < -0.4 is 10.6 Å². The van der Waals surface area contributed by atoms with Gasteiger partial charge in [-0.2, -0.15) is 11.8 Å². The molecule has 6 nitrogen and oxygen atoms in total. The number of ketones is 1. The number of hydrogen-bond donors (Lipinski definition) is 3. The summed E-state index contributed by atoms with van der Waals surface area (Å²) in [7, 11) is 0. The Hall–Kier alpha value is -1.24. The normalized spacial score (nSPS) is 11.6. The third-order valence-corrected chi connectivity index (χ3v) is 2.62. The number of Topliss-reactive ketones (excluding diaryl/α,β-unsaturated/α-hetero) is 1. The molecule has 0 aromatic carbocycles. The third kappa shape index (κ3) is 8.56. The van der Waals surface area contributed by atoms with Crippen LogP contribution in [-0.4, -0.2) is 47.5 Å². The number of nitrogens with one attached hydrogen (secondary N) is 2. The molecular weight excluding hydrogens is 244 g/mol. The Morgan fingerprint density at radius 2 is 2.00 bits per heavy atom. The van der Waals surface area contributed by atoms with Gasteiger partial charge in [0.25, 0.3) is 0 Å². The van der Waals surface area contributed by atoms with Crippen LogP contribution in [0.4, 0.5) is 4.79 Å². The van der Waals surface area contributed by atoms with Crippen LogP contribution in [0.3, 0.4) is 0 Å². The summed E-state index contributed by atoms with van der Waals surface area (Å²) in [5.74, 6) is -0.423. The quantitative estimate of drug-likeness (QED) is 0.591. The first-order chi connectivity index (χ1) is 7.97. The molecule has 0 aliphatic rings. The summed E-state index contributed by atoms with van der Waals surface area (Å²) in [5, 5.41) is 13.6. The highest BCUT2D eigenvalue weighted by molar-refractivity contribution is 7.98. The van der Waals surface area contributed by atoms with E-state index in [1.165, 1.54) is 18.7 Å². The molecule has 0 aromatic heterocycles. The van der Waals surface area contributed by atoms with E-state index < -0.39 is 18.0 Å². The monoisotopic (exact) mass is 262 g/mol. The van der Waals surface area contributed by atoms with Gasteiger partial charge in [0, 0.05) is 13.0 Å². The molecule has 1 unspecified atom stereocenters. The highest BCUT2D eigenvalue weighted by Gasteiger charge is 2.18. The van der Waals surface area contributed by atoms with Crippen molar-refractivity contribution in [3.05, 3.63) is 0 Å². The molecule has 17 heavy (non-hydrogen) atoms. The van der Waals surface area contributed by atoms with Gasteiger partial charge >= 0.3 is 12.0 Å². The van der Waals surface area contributed by atoms with Crippen LogP contribution in [-0.2, 0) is 9.59 Å². The van der Waals surface area contributed by atoms with Gasteiger partial charge in [-0.15, -0.1) is 0 Å². The van der Waals surface area contributed by atoms with Crippen LogP contribution in [0.2, 0.25) is 0 Å². The number of carboxylic acid groups (broad SMARTS) is 1. The number of amides is 2. The topological polar surface area (TPSA) is 95.5 Å². The molecule has 0 rings (SSSR count). The SMILES string of the molecule is CSCCC(NC(=O)NCCC(C)=O)C(=O)O. The van der Waals surface area contributed by atoms with Gasteiger partial charge in [0.05, 0.1) is 0 Å². The number of thioether (sulfide) groups is 1. The van der Waals surface area contributed by atoms with Crippen molar-refractivity contribution in [2.45, 2.75) is 25.8 Å². The molecule has 2 amide bonds. The molecule has 0 radical (unpaired) electrons. The van der Waals surface area contributed by atoms with Crippen LogP contribution in [0.5, 0.6) is 0 Å². The van der Waals surface area contributed by atoms with E-state index in [0.29, 0.717) is 12.2 Å². The van der Waals surface area contributed by atoms with E-state index in [9.17, 15) is 14.4 Å². The zero-order valence-electron chi connectivity index (χ0n) is 9.99. The lowest BCUT2D eigenvalue weighted by molar-refractivity contribution is -0.139. The van der Waals surface area contributed by atoms with Crippen LogP contribution >= 0.6 is 11.8 Å². The molecule has 0 saturated heterocycles. The van der Waals surface area contributed by atoms with Gasteiger partial charge in [0.1, 0.15) is 11.8 Å². The fourth-order valence-corrected chi connectivity index (χ4v) is 1.53. The first-order valence-corrected chi connectivity index (χ1v) is 6.62. The first-order valence-electron chi connectivity index (χ1n) is 5.23. The van der Waals surface area contributed by atoms with Crippen molar-refractivity contribution >= 4 is 29.5 Å². The molecule has 0 spiro atoms. The zero-order chi connectivity index (χ0) is 13.3. The van der Waals surface area contributed by atoms with Crippen LogP contribution in [0.15, 0.2) is 0 Å². The van der Waals surface area contributed by atoms with Crippen molar-refractivity contribution in [1.29, 1.82) is 0 Å². The molecule has 0 bridgehead atoms. The van der Waals surface area contributed by atoms with Crippen molar-refractivity contribution < 1.29 is 19.5 Å². The van der Waals surface area contributed by atoms with E-state index in [4.69, 9.17) is 5.11 Å². The maximum absolute atomic E-state index is 11.3. The maximum Gasteiger partial charge on any atom is 0.326 e. The first kappa shape index (κ1) is 15.8. The zero-order valence-corrected chi connectivity index (χ0v) is 10.8. The molecule has 98 valence electrons. The summed E-state index contributed by atoms with van der Waals surface area (Å²) in [6.45, 7) is 1.65. The third-order valence-electron chi connectivity index (χ3n) is 1.98. The molecule has 0 saturated carbocycles. The van der Waals surface area contributed by atoms with Gasteiger partial charge in [-0.3, -0.25) is 4.79 Å². The van der Waals surface area contributed by atoms with E-state index in [1.54, 1.807) is 0 Å². The fourth-order valence-electron chi connectivity index (χ4n) is 1.05. The minimum atomic E-state index is -1.05. The summed E-state index contributed by atoms with van der Waals surface area (Å²) < 4.78 is 0.